The van der Waals surface area contributed by atoms with Crippen LogP contribution in [0.4, 0.5) is 0 Å². The maximum absolute atomic E-state index is 10.5. The highest BCUT2D eigenvalue weighted by Crippen LogP contribution is 2.24. The van der Waals surface area contributed by atoms with E-state index in [0.717, 1.165) is 31.6 Å². The summed E-state index contributed by atoms with van der Waals surface area (Å²) in [5, 5.41) is 10.5. The molecule has 1 heterocycles. The number of benzene rings is 1. The van der Waals surface area contributed by atoms with Gasteiger partial charge in [-0.25, -0.2) is 0 Å². The molecule has 0 saturated carbocycles. The van der Waals surface area contributed by atoms with Gasteiger partial charge in [0.15, 0.2) is 0 Å². The van der Waals surface area contributed by atoms with Crippen molar-refractivity contribution in [2.24, 2.45) is 0 Å². The lowest BCUT2D eigenvalue weighted by atomic mass is 9.98. The smallest absolute Gasteiger partial charge is 0.0942 e. The zero-order valence-electron chi connectivity index (χ0n) is 12.2. The van der Waals surface area contributed by atoms with E-state index < -0.39 is 6.10 Å². The van der Waals surface area contributed by atoms with Gasteiger partial charge in [-0.1, -0.05) is 29.8 Å². The van der Waals surface area contributed by atoms with Crippen molar-refractivity contribution < 1.29 is 9.84 Å². The highest BCUT2D eigenvalue weighted by atomic mass is 16.5. The second kappa shape index (κ2) is 6.51. The Kier molecular flexibility index (Phi) is 4.97. The summed E-state index contributed by atoms with van der Waals surface area (Å²) < 4.78 is 5.40. The molecule has 2 unspecified atom stereocenters. The number of ether oxygens (including phenoxy) is 1. The van der Waals surface area contributed by atoms with Crippen LogP contribution in [0, 0.1) is 6.92 Å². The fourth-order valence-electron chi connectivity index (χ4n) is 2.69. The molecule has 1 aliphatic heterocycles. The van der Waals surface area contributed by atoms with Crippen molar-refractivity contribution in [3.05, 3.63) is 35.4 Å². The topological polar surface area (TPSA) is 32.7 Å². The number of rotatable bonds is 4. The fraction of sp³-hybridized carbons (Fsp3) is 0.625. The Balaban J connectivity index is 2.01. The van der Waals surface area contributed by atoms with E-state index in [0.29, 0.717) is 6.04 Å². The average molecular weight is 263 g/mol. The fourth-order valence-corrected chi connectivity index (χ4v) is 2.69. The van der Waals surface area contributed by atoms with E-state index in [1.165, 1.54) is 5.56 Å². The van der Waals surface area contributed by atoms with E-state index in [4.69, 9.17) is 4.74 Å². The van der Waals surface area contributed by atoms with E-state index in [2.05, 4.69) is 37.9 Å². The average Bonchev–Trinajstić information content (AvgIpc) is 2.46. The number of aliphatic hydroxyl groups is 1. The van der Waals surface area contributed by atoms with Crippen LogP contribution >= 0.6 is 0 Å². The third kappa shape index (κ3) is 3.56. The van der Waals surface area contributed by atoms with Gasteiger partial charge in [0.1, 0.15) is 0 Å². The molecule has 1 aromatic rings. The van der Waals surface area contributed by atoms with Gasteiger partial charge in [-0.3, -0.25) is 4.90 Å². The molecule has 0 aromatic heterocycles. The summed E-state index contributed by atoms with van der Waals surface area (Å²) in [6, 6.07) is 8.79. The first-order valence-corrected chi connectivity index (χ1v) is 7.14. The lowest BCUT2D eigenvalue weighted by Crippen LogP contribution is -2.44. The molecule has 19 heavy (non-hydrogen) atoms. The molecule has 1 aliphatic rings. The highest BCUT2D eigenvalue weighted by Gasteiger charge is 2.27. The van der Waals surface area contributed by atoms with E-state index in [1.807, 2.05) is 12.1 Å². The van der Waals surface area contributed by atoms with Gasteiger partial charge < -0.3 is 9.84 Å². The minimum atomic E-state index is -0.437. The quantitative estimate of drug-likeness (QED) is 0.906. The number of hydrogen-bond donors (Lipinski definition) is 1. The molecular formula is C16H25NO2. The molecule has 1 N–H and O–H groups in total. The molecule has 106 valence electrons. The lowest BCUT2D eigenvalue weighted by Gasteiger charge is -2.37. The van der Waals surface area contributed by atoms with Crippen molar-refractivity contribution in [3.8, 4) is 0 Å². The second-order valence-electron chi connectivity index (χ2n) is 5.61. The Bertz CT molecular complexity index is 384. The van der Waals surface area contributed by atoms with Crippen LogP contribution in [0.3, 0.4) is 0 Å². The van der Waals surface area contributed by atoms with Gasteiger partial charge in [0.05, 0.1) is 6.10 Å². The molecule has 0 spiro atoms. The van der Waals surface area contributed by atoms with Gasteiger partial charge in [-0.05, 0) is 39.3 Å². The van der Waals surface area contributed by atoms with Gasteiger partial charge in [0, 0.05) is 25.3 Å². The standard InChI is InChI=1S/C16H25NO2/c1-12-4-6-14(7-5-12)16(18)13(2)17(3)15-8-10-19-11-9-15/h4-7,13,15-16,18H,8-11H2,1-3H3. The van der Waals surface area contributed by atoms with Crippen LogP contribution in [0.15, 0.2) is 24.3 Å². The molecule has 0 bridgehead atoms. The van der Waals surface area contributed by atoms with Crippen LogP contribution in [-0.2, 0) is 4.74 Å². The summed E-state index contributed by atoms with van der Waals surface area (Å²) >= 11 is 0. The Labute approximate surface area is 116 Å². The molecule has 1 fully saturated rings. The Morgan fingerprint density at radius 1 is 1.21 bits per heavy atom. The van der Waals surface area contributed by atoms with E-state index in [9.17, 15) is 5.11 Å². The van der Waals surface area contributed by atoms with Crippen molar-refractivity contribution >= 4 is 0 Å². The molecule has 1 saturated heterocycles. The predicted octanol–water partition coefficient (Wildman–Crippen LogP) is 2.53. The van der Waals surface area contributed by atoms with E-state index in [-0.39, 0.29) is 6.04 Å². The lowest BCUT2D eigenvalue weighted by molar-refractivity contribution is -0.00197. The van der Waals surface area contributed by atoms with Crippen LogP contribution < -0.4 is 0 Å². The minimum Gasteiger partial charge on any atom is -0.387 e. The highest BCUT2D eigenvalue weighted by molar-refractivity contribution is 5.24. The van der Waals surface area contributed by atoms with Gasteiger partial charge in [0.2, 0.25) is 0 Å². The Morgan fingerprint density at radius 2 is 1.79 bits per heavy atom. The van der Waals surface area contributed by atoms with Crippen LogP contribution in [-0.4, -0.2) is 42.4 Å². The summed E-state index contributed by atoms with van der Waals surface area (Å²) in [6.45, 7) is 5.83. The molecule has 2 rings (SSSR count). The number of aryl methyl sites for hydroxylation is 1. The van der Waals surface area contributed by atoms with Crippen molar-refractivity contribution in [3.63, 3.8) is 0 Å². The van der Waals surface area contributed by atoms with Crippen LogP contribution in [0.2, 0.25) is 0 Å². The maximum Gasteiger partial charge on any atom is 0.0942 e. The SMILES string of the molecule is Cc1ccc(C(O)C(C)N(C)C2CCOCC2)cc1. The van der Waals surface area contributed by atoms with Crippen molar-refractivity contribution in [1.82, 2.24) is 4.90 Å². The summed E-state index contributed by atoms with van der Waals surface area (Å²) in [5.41, 5.74) is 2.22. The van der Waals surface area contributed by atoms with Gasteiger partial charge >= 0.3 is 0 Å². The van der Waals surface area contributed by atoms with Gasteiger partial charge in [-0.2, -0.15) is 0 Å². The monoisotopic (exact) mass is 263 g/mol. The number of nitrogens with zero attached hydrogens (tertiary/aromatic N) is 1. The summed E-state index contributed by atoms with van der Waals surface area (Å²) in [7, 11) is 2.11. The summed E-state index contributed by atoms with van der Waals surface area (Å²) in [6.07, 6.45) is 1.68. The third-order valence-electron chi connectivity index (χ3n) is 4.29. The molecule has 3 heteroatoms. The number of hydrogen-bond acceptors (Lipinski definition) is 3. The first kappa shape index (κ1) is 14.5. The van der Waals surface area contributed by atoms with Crippen molar-refractivity contribution in [2.45, 2.75) is 44.9 Å². The van der Waals surface area contributed by atoms with E-state index >= 15 is 0 Å². The van der Waals surface area contributed by atoms with Crippen molar-refractivity contribution in [2.75, 3.05) is 20.3 Å². The zero-order valence-corrected chi connectivity index (χ0v) is 12.2. The van der Waals surface area contributed by atoms with Gasteiger partial charge in [0.25, 0.3) is 0 Å². The normalized spacial score (nSPS) is 20.5. The summed E-state index contributed by atoms with van der Waals surface area (Å²) in [5.74, 6) is 0. The number of aliphatic hydroxyl groups excluding tert-OH is 1. The Morgan fingerprint density at radius 3 is 2.37 bits per heavy atom. The predicted molar refractivity (Wildman–Crippen MR) is 77.2 cm³/mol. The minimum absolute atomic E-state index is 0.116. The Hall–Kier alpha value is -0.900. The summed E-state index contributed by atoms with van der Waals surface area (Å²) in [4.78, 5) is 2.30. The van der Waals surface area contributed by atoms with Gasteiger partial charge in [-0.15, -0.1) is 0 Å². The number of likely N-dealkylation sites (N-methyl/N-ethyl adjacent to an activating group) is 1. The first-order valence-electron chi connectivity index (χ1n) is 7.14. The second-order valence-corrected chi connectivity index (χ2v) is 5.61. The third-order valence-corrected chi connectivity index (χ3v) is 4.29. The molecule has 1 aromatic carbocycles. The molecule has 0 radical (unpaired) electrons. The molecule has 3 nitrogen and oxygen atoms in total. The molecular weight excluding hydrogens is 238 g/mol. The van der Waals surface area contributed by atoms with Crippen LogP contribution in [0.25, 0.3) is 0 Å². The maximum atomic E-state index is 10.5. The van der Waals surface area contributed by atoms with E-state index in [1.54, 1.807) is 0 Å². The van der Waals surface area contributed by atoms with Crippen molar-refractivity contribution in [1.29, 1.82) is 0 Å². The molecule has 2 atom stereocenters. The zero-order chi connectivity index (χ0) is 13.8. The molecule has 0 aliphatic carbocycles. The first-order chi connectivity index (χ1) is 9.09. The molecule has 0 amide bonds. The largest absolute Gasteiger partial charge is 0.387 e. The van der Waals surface area contributed by atoms with Crippen LogP contribution in [0.1, 0.15) is 37.0 Å². The van der Waals surface area contributed by atoms with Crippen LogP contribution in [0.5, 0.6) is 0 Å².